The van der Waals surface area contributed by atoms with Crippen LogP contribution in [0.15, 0.2) is 57.5 Å². The Bertz CT molecular complexity index is 739. The van der Waals surface area contributed by atoms with Gasteiger partial charge in [0.15, 0.2) is 0 Å². The molecule has 6 heteroatoms. The van der Waals surface area contributed by atoms with Gasteiger partial charge in [-0.25, -0.2) is 0 Å². The van der Waals surface area contributed by atoms with Crippen LogP contribution in [-0.4, -0.2) is 19.0 Å². The molecule has 130 valence electrons. The maximum Gasteiger partial charge on any atom is 0.241 e. The molecule has 0 fully saturated rings. The second kappa shape index (κ2) is 9.14. The van der Waals surface area contributed by atoms with E-state index in [-0.39, 0.29) is 5.91 Å². The Morgan fingerprint density at radius 2 is 1.52 bits per heavy atom. The number of nitrogens with one attached hydrogen (secondary N) is 1. The molecule has 0 radical (unpaired) electrons. The van der Waals surface area contributed by atoms with Crippen LogP contribution in [0.25, 0.3) is 0 Å². The molecule has 3 N–H and O–H groups in total. The van der Waals surface area contributed by atoms with Gasteiger partial charge in [0.2, 0.25) is 5.91 Å². The summed E-state index contributed by atoms with van der Waals surface area (Å²) in [4.78, 5) is 12.9. The van der Waals surface area contributed by atoms with Crippen LogP contribution in [0.2, 0.25) is 0 Å². The molecule has 0 aromatic heterocycles. The minimum Gasteiger partial charge on any atom is -0.353 e. The first-order chi connectivity index (χ1) is 12.0. The molecule has 2 rings (SSSR count). The Kier molecular flexibility index (Phi) is 7.18. The third kappa shape index (κ3) is 4.91. The van der Waals surface area contributed by atoms with Crippen LogP contribution in [0.3, 0.4) is 0 Å². The monoisotopic (exact) mass is 463 g/mol. The third-order valence-electron chi connectivity index (χ3n) is 3.98. The summed E-state index contributed by atoms with van der Waals surface area (Å²) in [6.07, 6.45) is 0.616. The molecule has 0 aliphatic carbocycles. The molecule has 1 amide bonds. The second-order valence-corrected chi connectivity index (χ2v) is 7.48. The Balaban J connectivity index is 2.42. The molecule has 0 bridgehead atoms. The highest BCUT2D eigenvalue weighted by atomic mass is 79.9. The number of benzene rings is 2. The molecule has 25 heavy (non-hydrogen) atoms. The molecule has 0 heterocycles. The van der Waals surface area contributed by atoms with E-state index in [0.29, 0.717) is 25.9 Å². The van der Waals surface area contributed by atoms with E-state index in [4.69, 9.17) is 5.73 Å². The van der Waals surface area contributed by atoms with E-state index in [9.17, 15) is 10.1 Å². The molecule has 0 saturated heterocycles. The second-order valence-electron chi connectivity index (χ2n) is 5.77. The van der Waals surface area contributed by atoms with Crippen molar-refractivity contribution in [1.29, 1.82) is 5.26 Å². The molecule has 2 aromatic rings. The van der Waals surface area contributed by atoms with Crippen molar-refractivity contribution < 1.29 is 4.79 Å². The van der Waals surface area contributed by atoms with Crippen molar-refractivity contribution >= 4 is 37.8 Å². The van der Waals surface area contributed by atoms with Gasteiger partial charge in [0, 0.05) is 34.9 Å². The zero-order valence-corrected chi connectivity index (χ0v) is 16.8. The lowest BCUT2D eigenvalue weighted by Crippen LogP contribution is -2.45. The van der Waals surface area contributed by atoms with Crippen molar-refractivity contribution in [2.75, 3.05) is 13.1 Å². The molecule has 2 aromatic carbocycles. The number of rotatable bonds is 7. The minimum absolute atomic E-state index is 0.299. The van der Waals surface area contributed by atoms with Gasteiger partial charge in [0.25, 0.3) is 0 Å². The van der Waals surface area contributed by atoms with Crippen LogP contribution in [0, 0.1) is 16.7 Å². The van der Waals surface area contributed by atoms with Gasteiger partial charge in [0.05, 0.1) is 6.07 Å². The first-order valence-electron chi connectivity index (χ1n) is 7.89. The first kappa shape index (κ1) is 19.6. The van der Waals surface area contributed by atoms with E-state index in [1.54, 1.807) is 0 Å². The van der Waals surface area contributed by atoms with E-state index >= 15 is 0 Å². The number of carbonyl (C=O) groups excluding carboxylic acids is 1. The SMILES string of the molecule is N#CC(Cc1ccccc1Br)(Cc1ccccc1Br)C(=O)NCCN. The Labute approximate surface area is 164 Å². The largest absolute Gasteiger partial charge is 0.353 e. The number of hydrogen-bond donors (Lipinski definition) is 2. The first-order valence-corrected chi connectivity index (χ1v) is 9.47. The quantitative estimate of drug-likeness (QED) is 0.657. The van der Waals surface area contributed by atoms with Crippen LogP contribution in [0.1, 0.15) is 11.1 Å². The Hall–Kier alpha value is -1.68. The zero-order chi connectivity index (χ0) is 18.3. The minimum atomic E-state index is -1.22. The highest BCUT2D eigenvalue weighted by Gasteiger charge is 2.39. The molecule has 0 spiro atoms. The molecule has 4 nitrogen and oxygen atoms in total. The highest BCUT2D eigenvalue weighted by molar-refractivity contribution is 9.10. The van der Waals surface area contributed by atoms with Gasteiger partial charge in [-0.3, -0.25) is 4.79 Å². The normalized spacial score (nSPS) is 11.0. The van der Waals surface area contributed by atoms with Gasteiger partial charge >= 0.3 is 0 Å². The number of hydrogen-bond acceptors (Lipinski definition) is 3. The van der Waals surface area contributed by atoms with Crippen molar-refractivity contribution in [3.8, 4) is 6.07 Å². The summed E-state index contributed by atoms with van der Waals surface area (Å²) in [5.74, 6) is -0.299. The van der Waals surface area contributed by atoms with Crippen molar-refractivity contribution in [2.24, 2.45) is 11.1 Å². The van der Waals surface area contributed by atoms with E-state index < -0.39 is 5.41 Å². The molecule has 0 unspecified atom stereocenters. The van der Waals surface area contributed by atoms with Crippen LogP contribution in [-0.2, 0) is 17.6 Å². The molecular formula is C19H19Br2N3O. The van der Waals surface area contributed by atoms with Gasteiger partial charge in [0.1, 0.15) is 5.41 Å². The fraction of sp³-hybridized carbons (Fsp3) is 0.263. The maximum atomic E-state index is 12.9. The van der Waals surface area contributed by atoms with Crippen molar-refractivity contribution in [3.63, 3.8) is 0 Å². The van der Waals surface area contributed by atoms with Gasteiger partial charge < -0.3 is 11.1 Å². The van der Waals surface area contributed by atoms with Crippen LogP contribution >= 0.6 is 31.9 Å². The topological polar surface area (TPSA) is 78.9 Å². The van der Waals surface area contributed by atoms with E-state index in [1.165, 1.54) is 0 Å². The van der Waals surface area contributed by atoms with Crippen LogP contribution in [0.4, 0.5) is 0 Å². The number of carbonyl (C=O) groups is 1. The van der Waals surface area contributed by atoms with E-state index in [0.717, 1.165) is 20.1 Å². The number of nitrogens with zero attached hydrogens (tertiary/aromatic N) is 1. The molecule has 0 atom stereocenters. The van der Waals surface area contributed by atoms with Crippen molar-refractivity contribution in [1.82, 2.24) is 5.32 Å². The number of halogens is 2. The van der Waals surface area contributed by atoms with Gasteiger partial charge in [-0.2, -0.15) is 5.26 Å². The summed E-state index contributed by atoms with van der Waals surface area (Å²) >= 11 is 7.02. The highest BCUT2D eigenvalue weighted by Crippen LogP contribution is 2.33. The predicted octanol–water partition coefficient (Wildman–Crippen LogP) is 3.58. The van der Waals surface area contributed by atoms with E-state index in [2.05, 4.69) is 43.2 Å². The maximum absolute atomic E-state index is 12.9. The summed E-state index contributed by atoms with van der Waals surface area (Å²) in [5.41, 5.74) is 6.11. The number of nitrogens with two attached hydrogens (primary N) is 1. The Morgan fingerprint density at radius 1 is 1.04 bits per heavy atom. The lowest BCUT2D eigenvalue weighted by Gasteiger charge is -2.27. The van der Waals surface area contributed by atoms with Gasteiger partial charge in [-0.05, 0) is 23.3 Å². The Morgan fingerprint density at radius 3 is 1.92 bits per heavy atom. The van der Waals surface area contributed by atoms with E-state index in [1.807, 2.05) is 48.5 Å². The number of amides is 1. The summed E-state index contributed by atoms with van der Waals surface area (Å²) in [5, 5.41) is 12.8. The number of nitriles is 1. The van der Waals surface area contributed by atoms with Crippen molar-refractivity contribution in [2.45, 2.75) is 12.8 Å². The lowest BCUT2D eigenvalue weighted by molar-refractivity contribution is -0.128. The summed E-state index contributed by atoms with van der Waals surface area (Å²) < 4.78 is 1.77. The summed E-state index contributed by atoms with van der Waals surface area (Å²) in [7, 11) is 0. The molecule has 0 aliphatic rings. The summed E-state index contributed by atoms with van der Waals surface area (Å²) in [6.45, 7) is 0.672. The lowest BCUT2D eigenvalue weighted by atomic mass is 9.77. The average Bonchev–Trinajstić information content (AvgIpc) is 2.62. The van der Waals surface area contributed by atoms with Crippen molar-refractivity contribution in [3.05, 3.63) is 68.6 Å². The zero-order valence-electron chi connectivity index (χ0n) is 13.6. The fourth-order valence-electron chi connectivity index (χ4n) is 2.64. The molecular weight excluding hydrogens is 446 g/mol. The smallest absolute Gasteiger partial charge is 0.241 e. The summed E-state index contributed by atoms with van der Waals surface area (Å²) in [6, 6.07) is 17.6. The van der Waals surface area contributed by atoms with Crippen LogP contribution in [0.5, 0.6) is 0 Å². The predicted molar refractivity (Wildman–Crippen MR) is 106 cm³/mol. The van der Waals surface area contributed by atoms with Gasteiger partial charge in [-0.15, -0.1) is 0 Å². The average molecular weight is 465 g/mol. The molecule has 0 aliphatic heterocycles. The fourth-order valence-corrected chi connectivity index (χ4v) is 3.49. The molecule has 0 saturated carbocycles. The third-order valence-corrected chi connectivity index (χ3v) is 5.53. The van der Waals surface area contributed by atoms with Gasteiger partial charge in [-0.1, -0.05) is 68.3 Å². The standard InChI is InChI=1S/C19H19Br2N3O/c20-16-7-3-1-5-14(16)11-19(13-23,18(25)24-10-9-22)12-15-6-2-4-8-17(15)21/h1-8H,9-12,22H2,(H,24,25). The van der Waals surface area contributed by atoms with Crippen LogP contribution < -0.4 is 11.1 Å².